The molecule has 0 radical (unpaired) electrons. The fraction of sp³-hybridized carbons (Fsp3) is 0.917. The largest absolute Gasteiger partial charge is 0.409 e. The van der Waals surface area contributed by atoms with Crippen molar-refractivity contribution in [3.8, 4) is 0 Å². The third kappa shape index (κ3) is 4.84. The molecule has 0 saturated carbocycles. The number of hydrogen-bond acceptors (Lipinski definition) is 3. The predicted molar refractivity (Wildman–Crippen MR) is 66.7 cm³/mol. The van der Waals surface area contributed by atoms with Crippen LogP contribution in [0.1, 0.15) is 45.4 Å². The minimum atomic E-state index is 0.352. The van der Waals surface area contributed by atoms with Crippen LogP contribution in [0.5, 0.6) is 0 Å². The molecular weight excluding hydrogens is 202 g/mol. The summed E-state index contributed by atoms with van der Waals surface area (Å²) in [6.45, 7) is 5.95. The third-order valence-corrected chi connectivity index (χ3v) is 3.57. The van der Waals surface area contributed by atoms with E-state index in [4.69, 9.17) is 10.9 Å². The minimum absolute atomic E-state index is 0.352. The molecule has 0 unspecified atom stereocenters. The van der Waals surface area contributed by atoms with Crippen LogP contribution in [-0.2, 0) is 0 Å². The molecule has 0 atom stereocenters. The maximum absolute atomic E-state index is 8.39. The zero-order valence-electron chi connectivity index (χ0n) is 10.4. The van der Waals surface area contributed by atoms with Gasteiger partial charge in [0.1, 0.15) is 5.84 Å². The Morgan fingerprint density at radius 1 is 1.38 bits per heavy atom. The maximum atomic E-state index is 8.39. The van der Waals surface area contributed by atoms with Crippen molar-refractivity contribution in [2.24, 2.45) is 16.8 Å². The summed E-state index contributed by atoms with van der Waals surface area (Å²) in [6.07, 6.45) is 6.92. The second-order valence-corrected chi connectivity index (χ2v) is 4.74. The van der Waals surface area contributed by atoms with Crippen LogP contribution in [0, 0.1) is 5.92 Å². The first-order valence-corrected chi connectivity index (χ1v) is 6.45. The summed E-state index contributed by atoms with van der Waals surface area (Å²) in [7, 11) is 0. The fourth-order valence-electron chi connectivity index (χ4n) is 2.31. The highest BCUT2D eigenvalue weighted by Crippen LogP contribution is 2.19. The number of unbranched alkanes of at least 4 members (excludes halogenated alkanes) is 1. The molecular formula is C12H25N3O. The standard InChI is InChI=1S/C12H25N3O/c1-2-11-6-9-15(10-7-11)8-4-3-5-12(13)14-16/h11,16H,2-10H2,1H3,(H2,13,14). The van der Waals surface area contributed by atoms with E-state index >= 15 is 0 Å². The van der Waals surface area contributed by atoms with Gasteiger partial charge >= 0.3 is 0 Å². The molecule has 3 N–H and O–H groups in total. The molecule has 4 heteroatoms. The molecule has 0 amide bonds. The lowest BCUT2D eigenvalue weighted by molar-refractivity contribution is 0.179. The summed E-state index contributed by atoms with van der Waals surface area (Å²) in [5, 5.41) is 11.4. The number of rotatable bonds is 6. The first-order chi connectivity index (χ1) is 7.76. The van der Waals surface area contributed by atoms with Crippen molar-refractivity contribution in [2.45, 2.75) is 45.4 Å². The Bertz CT molecular complexity index is 210. The molecule has 1 aliphatic rings. The van der Waals surface area contributed by atoms with Crippen molar-refractivity contribution in [1.82, 2.24) is 4.90 Å². The van der Waals surface area contributed by atoms with Crippen LogP contribution in [0.25, 0.3) is 0 Å². The summed E-state index contributed by atoms with van der Waals surface area (Å²) in [4.78, 5) is 2.54. The maximum Gasteiger partial charge on any atom is 0.139 e. The van der Waals surface area contributed by atoms with Crippen LogP contribution in [-0.4, -0.2) is 35.6 Å². The van der Waals surface area contributed by atoms with E-state index in [2.05, 4.69) is 17.0 Å². The van der Waals surface area contributed by atoms with E-state index in [1.54, 1.807) is 0 Å². The van der Waals surface area contributed by atoms with E-state index in [0.29, 0.717) is 12.3 Å². The topological polar surface area (TPSA) is 61.8 Å². The van der Waals surface area contributed by atoms with Gasteiger partial charge in [0.25, 0.3) is 0 Å². The Morgan fingerprint density at radius 3 is 2.62 bits per heavy atom. The second-order valence-electron chi connectivity index (χ2n) is 4.74. The SMILES string of the molecule is CCC1CCN(CCCCC(N)=NO)CC1. The molecule has 1 fully saturated rings. The van der Waals surface area contributed by atoms with E-state index in [0.717, 1.165) is 25.3 Å². The van der Waals surface area contributed by atoms with Crippen molar-refractivity contribution >= 4 is 5.84 Å². The van der Waals surface area contributed by atoms with Crippen molar-refractivity contribution in [2.75, 3.05) is 19.6 Å². The van der Waals surface area contributed by atoms with E-state index in [-0.39, 0.29) is 0 Å². The lowest BCUT2D eigenvalue weighted by Gasteiger charge is -2.31. The Morgan fingerprint density at radius 2 is 2.06 bits per heavy atom. The molecule has 4 nitrogen and oxygen atoms in total. The van der Waals surface area contributed by atoms with E-state index in [9.17, 15) is 0 Å². The number of oxime groups is 1. The number of nitrogens with zero attached hydrogens (tertiary/aromatic N) is 2. The summed E-state index contributed by atoms with van der Waals surface area (Å²) in [6, 6.07) is 0. The Labute approximate surface area is 98.5 Å². The van der Waals surface area contributed by atoms with E-state index in [1.807, 2.05) is 0 Å². The van der Waals surface area contributed by atoms with E-state index in [1.165, 1.54) is 32.4 Å². The van der Waals surface area contributed by atoms with Gasteiger partial charge in [-0.05, 0) is 51.2 Å². The molecule has 0 spiro atoms. The molecule has 1 aliphatic heterocycles. The highest BCUT2D eigenvalue weighted by Gasteiger charge is 2.16. The van der Waals surface area contributed by atoms with Crippen LogP contribution in [0.4, 0.5) is 0 Å². The van der Waals surface area contributed by atoms with Gasteiger partial charge in [-0.25, -0.2) is 0 Å². The first-order valence-electron chi connectivity index (χ1n) is 6.45. The molecule has 0 aromatic heterocycles. The van der Waals surface area contributed by atoms with Gasteiger partial charge in [0.15, 0.2) is 0 Å². The minimum Gasteiger partial charge on any atom is -0.409 e. The normalized spacial score (nSPS) is 20.2. The Hall–Kier alpha value is -0.770. The van der Waals surface area contributed by atoms with Gasteiger partial charge in [-0.1, -0.05) is 18.5 Å². The third-order valence-electron chi connectivity index (χ3n) is 3.57. The van der Waals surface area contributed by atoms with E-state index < -0.39 is 0 Å². The molecule has 1 heterocycles. The Kier molecular flexibility index (Phi) is 6.23. The average Bonchev–Trinajstić information content (AvgIpc) is 2.35. The summed E-state index contributed by atoms with van der Waals surface area (Å²) in [5.41, 5.74) is 5.41. The predicted octanol–water partition coefficient (Wildman–Crippen LogP) is 2.03. The van der Waals surface area contributed by atoms with Crippen LogP contribution in [0.15, 0.2) is 5.16 Å². The van der Waals surface area contributed by atoms with Gasteiger partial charge in [0, 0.05) is 6.42 Å². The molecule has 0 aromatic carbocycles. The lowest BCUT2D eigenvalue weighted by atomic mass is 9.94. The van der Waals surface area contributed by atoms with Crippen molar-refractivity contribution in [1.29, 1.82) is 0 Å². The number of hydrogen-bond donors (Lipinski definition) is 2. The van der Waals surface area contributed by atoms with Crippen molar-refractivity contribution in [3.05, 3.63) is 0 Å². The van der Waals surface area contributed by atoms with Gasteiger partial charge in [-0.2, -0.15) is 0 Å². The number of likely N-dealkylation sites (tertiary alicyclic amines) is 1. The molecule has 0 aliphatic carbocycles. The van der Waals surface area contributed by atoms with Crippen LogP contribution >= 0.6 is 0 Å². The van der Waals surface area contributed by atoms with Crippen LogP contribution in [0.3, 0.4) is 0 Å². The molecule has 94 valence electrons. The molecule has 0 aromatic rings. The Balaban J connectivity index is 2.02. The smallest absolute Gasteiger partial charge is 0.139 e. The van der Waals surface area contributed by atoms with Crippen LogP contribution in [0.2, 0.25) is 0 Å². The van der Waals surface area contributed by atoms with Gasteiger partial charge in [0.2, 0.25) is 0 Å². The monoisotopic (exact) mass is 227 g/mol. The zero-order valence-corrected chi connectivity index (χ0v) is 10.4. The summed E-state index contributed by atoms with van der Waals surface area (Å²) in [5.74, 6) is 1.30. The fourth-order valence-corrected chi connectivity index (χ4v) is 2.31. The molecule has 1 rings (SSSR count). The average molecular weight is 227 g/mol. The lowest BCUT2D eigenvalue weighted by Crippen LogP contribution is -2.34. The zero-order chi connectivity index (χ0) is 11.8. The number of piperidine rings is 1. The second kappa shape index (κ2) is 7.49. The van der Waals surface area contributed by atoms with Gasteiger partial charge in [-0.15, -0.1) is 0 Å². The van der Waals surface area contributed by atoms with Crippen molar-refractivity contribution < 1.29 is 5.21 Å². The highest BCUT2D eigenvalue weighted by molar-refractivity contribution is 5.79. The quantitative estimate of drug-likeness (QED) is 0.240. The highest BCUT2D eigenvalue weighted by atomic mass is 16.4. The molecule has 0 bridgehead atoms. The number of amidine groups is 1. The van der Waals surface area contributed by atoms with Gasteiger partial charge in [0.05, 0.1) is 0 Å². The van der Waals surface area contributed by atoms with Gasteiger partial charge < -0.3 is 15.8 Å². The molecule has 1 saturated heterocycles. The molecule has 16 heavy (non-hydrogen) atoms. The van der Waals surface area contributed by atoms with Crippen LogP contribution < -0.4 is 5.73 Å². The summed E-state index contributed by atoms with van der Waals surface area (Å²) < 4.78 is 0. The number of nitrogens with two attached hydrogens (primary N) is 1. The van der Waals surface area contributed by atoms with Gasteiger partial charge in [-0.3, -0.25) is 0 Å². The van der Waals surface area contributed by atoms with Crippen molar-refractivity contribution in [3.63, 3.8) is 0 Å². The summed E-state index contributed by atoms with van der Waals surface area (Å²) >= 11 is 0. The first kappa shape index (κ1) is 13.3.